The van der Waals surface area contributed by atoms with Crippen molar-refractivity contribution in [3.05, 3.63) is 47.7 Å². The van der Waals surface area contributed by atoms with E-state index in [0.29, 0.717) is 24.3 Å². The Morgan fingerprint density at radius 2 is 2.19 bits per heavy atom. The van der Waals surface area contributed by atoms with Crippen molar-refractivity contribution in [1.29, 1.82) is 0 Å². The van der Waals surface area contributed by atoms with Gasteiger partial charge in [-0.1, -0.05) is 23.4 Å². The summed E-state index contributed by atoms with van der Waals surface area (Å²) in [7, 11) is 0. The first kappa shape index (κ1) is 12.6. The van der Waals surface area contributed by atoms with Crippen LogP contribution in [-0.2, 0) is 13.1 Å². The molecule has 2 heterocycles. The fourth-order valence-electron chi connectivity index (χ4n) is 2.69. The molecule has 1 N–H and O–H groups in total. The standard InChI is InChI=1S/C16H18N4O/c1-11-18-16(21-19-11)10-20-9-12(8-17-13-6-7-13)14-4-2-3-5-15(14)20/h2-5,9,13,17H,6-8,10H2,1H3. The molecule has 0 saturated heterocycles. The largest absolute Gasteiger partial charge is 0.338 e. The zero-order valence-corrected chi connectivity index (χ0v) is 12.0. The van der Waals surface area contributed by atoms with Gasteiger partial charge in [-0.3, -0.25) is 0 Å². The van der Waals surface area contributed by atoms with Crippen molar-refractivity contribution in [1.82, 2.24) is 20.0 Å². The Morgan fingerprint density at radius 3 is 2.95 bits per heavy atom. The molecule has 0 atom stereocenters. The highest BCUT2D eigenvalue weighted by molar-refractivity contribution is 5.84. The molecule has 21 heavy (non-hydrogen) atoms. The molecule has 5 heteroatoms. The van der Waals surface area contributed by atoms with Crippen LogP contribution in [0.3, 0.4) is 0 Å². The zero-order chi connectivity index (χ0) is 14.2. The van der Waals surface area contributed by atoms with Crippen molar-refractivity contribution in [2.75, 3.05) is 0 Å². The second-order valence-corrected chi connectivity index (χ2v) is 5.69. The number of nitrogens with zero attached hydrogens (tertiary/aromatic N) is 3. The lowest BCUT2D eigenvalue weighted by Crippen LogP contribution is -2.14. The smallest absolute Gasteiger partial charge is 0.246 e. The number of hydrogen-bond acceptors (Lipinski definition) is 4. The summed E-state index contributed by atoms with van der Waals surface area (Å²) in [5.41, 5.74) is 2.54. The normalized spacial score (nSPS) is 14.9. The van der Waals surface area contributed by atoms with Crippen LogP contribution in [-0.4, -0.2) is 20.7 Å². The number of aryl methyl sites for hydroxylation is 1. The van der Waals surface area contributed by atoms with Crippen LogP contribution in [0.2, 0.25) is 0 Å². The number of benzene rings is 1. The second kappa shape index (κ2) is 5.00. The highest BCUT2D eigenvalue weighted by Crippen LogP contribution is 2.24. The maximum atomic E-state index is 5.24. The number of nitrogens with one attached hydrogen (secondary N) is 1. The highest BCUT2D eigenvalue weighted by Gasteiger charge is 2.21. The maximum Gasteiger partial charge on any atom is 0.246 e. The summed E-state index contributed by atoms with van der Waals surface area (Å²) in [5.74, 6) is 1.33. The lowest BCUT2D eigenvalue weighted by atomic mass is 10.2. The summed E-state index contributed by atoms with van der Waals surface area (Å²) in [5, 5.41) is 8.73. The van der Waals surface area contributed by atoms with E-state index in [4.69, 9.17) is 4.52 Å². The molecule has 0 radical (unpaired) electrons. The summed E-state index contributed by atoms with van der Waals surface area (Å²) in [6.45, 7) is 3.37. The van der Waals surface area contributed by atoms with Crippen molar-refractivity contribution >= 4 is 10.9 Å². The Hall–Kier alpha value is -2.14. The molecule has 1 saturated carbocycles. The van der Waals surface area contributed by atoms with Gasteiger partial charge in [0.2, 0.25) is 5.89 Å². The third kappa shape index (κ3) is 2.56. The molecule has 0 bridgehead atoms. The summed E-state index contributed by atoms with van der Waals surface area (Å²) in [6, 6.07) is 9.18. The van der Waals surface area contributed by atoms with E-state index in [1.54, 1.807) is 0 Å². The zero-order valence-electron chi connectivity index (χ0n) is 12.0. The van der Waals surface area contributed by atoms with Crippen LogP contribution in [0.5, 0.6) is 0 Å². The first-order valence-electron chi connectivity index (χ1n) is 7.39. The van der Waals surface area contributed by atoms with Gasteiger partial charge in [0.1, 0.15) is 6.54 Å². The van der Waals surface area contributed by atoms with Gasteiger partial charge in [-0.15, -0.1) is 0 Å². The molecule has 4 rings (SSSR count). The molecular formula is C16H18N4O. The summed E-state index contributed by atoms with van der Waals surface area (Å²) in [6.07, 6.45) is 4.80. The quantitative estimate of drug-likeness (QED) is 0.781. The third-order valence-corrected chi connectivity index (χ3v) is 3.90. The summed E-state index contributed by atoms with van der Waals surface area (Å²) in [4.78, 5) is 4.29. The second-order valence-electron chi connectivity index (χ2n) is 5.69. The fraction of sp³-hybridized carbons (Fsp3) is 0.375. The highest BCUT2D eigenvalue weighted by atomic mass is 16.5. The van der Waals surface area contributed by atoms with Crippen LogP contribution in [0.1, 0.15) is 30.1 Å². The molecule has 108 valence electrons. The molecule has 0 aliphatic heterocycles. The molecule has 1 aromatic carbocycles. The van der Waals surface area contributed by atoms with Crippen LogP contribution >= 0.6 is 0 Å². The van der Waals surface area contributed by atoms with Crippen molar-refractivity contribution in [2.24, 2.45) is 0 Å². The Morgan fingerprint density at radius 1 is 1.33 bits per heavy atom. The van der Waals surface area contributed by atoms with Crippen LogP contribution in [0.15, 0.2) is 35.0 Å². The molecule has 1 aliphatic carbocycles. The predicted octanol–water partition coefficient (Wildman–Crippen LogP) is 2.63. The molecule has 2 aromatic heterocycles. The molecule has 1 fully saturated rings. The van der Waals surface area contributed by atoms with Crippen molar-refractivity contribution in [3.8, 4) is 0 Å². The lowest BCUT2D eigenvalue weighted by molar-refractivity contribution is 0.369. The fourth-order valence-corrected chi connectivity index (χ4v) is 2.69. The minimum atomic E-state index is 0.616. The molecule has 3 aromatic rings. The first-order valence-corrected chi connectivity index (χ1v) is 7.39. The van der Waals surface area contributed by atoms with E-state index in [-0.39, 0.29) is 0 Å². The van der Waals surface area contributed by atoms with E-state index in [1.807, 2.05) is 6.92 Å². The molecule has 0 spiro atoms. The number of aromatic nitrogens is 3. The molecule has 0 amide bonds. The number of rotatable bonds is 5. The van der Waals surface area contributed by atoms with Crippen LogP contribution in [0.25, 0.3) is 10.9 Å². The van der Waals surface area contributed by atoms with Gasteiger partial charge in [-0.25, -0.2) is 0 Å². The van der Waals surface area contributed by atoms with E-state index in [2.05, 4.69) is 50.5 Å². The van der Waals surface area contributed by atoms with Gasteiger partial charge in [0.25, 0.3) is 0 Å². The number of para-hydroxylation sites is 1. The first-order chi connectivity index (χ1) is 10.3. The average molecular weight is 282 g/mol. The van der Waals surface area contributed by atoms with Gasteiger partial charge in [0.15, 0.2) is 5.82 Å². The van der Waals surface area contributed by atoms with Crippen molar-refractivity contribution < 1.29 is 4.52 Å². The summed E-state index contributed by atoms with van der Waals surface area (Å²) < 4.78 is 7.42. The van der Waals surface area contributed by atoms with E-state index in [0.717, 1.165) is 6.54 Å². The Bertz CT molecular complexity index is 770. The number of hydrogen-bond donors (Lipinski definition) is 1. The van der Waals surface area contributed by atoms with Crippen LogP contribution < -0.4 is 5.32 Å². The minimum Gasteiger partial charge on any atom is -0.338 e. The van der Waals surface area contributed by atoms with Crippen molar-refractivity contribution in [2.45, 2.75) is 38.9 Å². The Kier molecular flexibility index (Phi) is 3.00. The Labute approximate surface area is 123 Å². The van der Waals surface area contributed by atoms with Gasteiger partial charge in [0, 0.05) is 29.7 Å². The monoisotopic (exact) mass is 282 g/mol. The van der Waals surface area contributed by atoms with E-state index >= 15 is 0 Å². The van der Waals surface area contributed by atoms with Crippen molar-refractivity contribution in [3.63, 3.8) is 0 Å². The van der Waals surface area contributed by atoms with E-state index in [1.165, 1.54) is 29.3 Å². The lowest BCUT2D eigenvalue weighted by Gasteiger charge is -2.00. The Balaban J connectivity index is 1.66. The van der Waals surface area contributed by atoms with Crippen LogP contribution in [0, 0.1) is 6.92 Å². The van der Waals surface area contributed by atoms with Crippen LogP contribution in [0.4, 0.5) is 0 Å². The minimum absolute atomic E-state index is 0.616. The molecular weight excluding hydrogens is 264 g/mol. The SMILES string of the molecule is Cc1noc(Cn2cc(CNC3CC3)c3ccccc32)n1. The van der Waals surface area contributed by atoms with Gasteiger partial charge >= 0.3 is 0 Å². The van der Waals surface area contributed by atoms with Gasteiger partial charge in [0.05, 0.1) is 0 Å². The average Bonchev–Trinajstić information content (AvgIpc) is 3.15. The number of fused-ring (bicyclic) bond motifs is 1. The molecule has 1 aliphatic rings. The third-order valence-electron chi connectivity index (χ3n) is 3.90. The van der Waals surface area contributed by atoms with E-state index < -0.39 is 0 Å². The summed E-state index contributed by atoms with van der Waals surface area (Å²) >= 11 is 0. The van der Waals surface area contributed by atoms with Gasteiger partial charge < -0.3 is 14.4 Å². The van der Waals surface area contributed by atoms with Gasteiger partial charge in [-0.05, 0) is 31.4 Å². The maximum absolute atomic E-state index is 5.24. The topological polar surface area (TPSA) is 55.9 Å². The predicted molar refractivity (Wildman–Crippen MR) is 79.9 cm³/mol. The molecule has 0 unspecified atom stereocenters. The molecule has 5 nitrogen and oxygen atoms in total. The van der Waals surface area contributed by atoms with E-state index in [9.17, 15) is 0 Å². The van der Waals surface area contributed by atoms with Gasteiger partial charge in [-0.2, -0.15) is 4.98 Å².